The van der Waals surface area contributed by atoms with Gasteiger partial charge < -0.3 is 10.1 Å². The molecule has 0 saturated carbocycles. The topological polar surface area (TPSA) is 65.4 Å². The van der Waals surface area contributed by atoms with Crippen molar-refractivity contribution in [3.05, 3.63) is 69.9 Å². The predicted octanol–water partition coefficient (Wildman–Crippen LogP) is 3.87. The van der Waals surface area contributed by atoms with Gasteiger partial charge >= 0.3 is 0 Å². The van der Waals surface area contributed by atoms with E-state index in [0.29, 0.717) is 33.7 Å². The molecule has 1 amide bonds. The van der Waals surface area contributed by atoms with Crippen LogP contribution in [0.4, 0.5) is 0 Å². The van der Waals surface area contributed by atoms with Crippen molar-refractivity contribution in [3.8, 4) is 11.8 Å². The van der Waals surface area contributed by atoms with E-state index in [1.165, 1.54) is 4.90 Å². The zero-order chi connectivity index (χ0) is 19.4. The van der Waals surface area contributed by atoms with E-state index in [2.05, 4.69) is 11.4 Å². The van der Waals surface area contributed by atoms with Crippen molar-refractivity contribution in [1.82, 2.24) is 10.2 Å². The van der Waals surface area contributed by atoms with E-state index in [1.807, 2.05) is 19.1 Å². The second-order valence-electron chi connectivity index (χ2n) is 5.79. The number of hydrogen-bond donors (Lipinski definition) is 1. The van der Waals surface area contributed by atoms with Gasteiger partial charge in [-0.2, -0.15) is 5.26 Å². The van der Waals surface area contributed by atoms with E-state index in [4.69, 9.17) is 33.8 Å². The number of nitrogens with zero attached hydrogens (tertiary/aromatic N) is 2. The Kier molecular flexibility index (Phi) is 5.75. The van der Waals surface area contributed by atoms with E-state index in [1.54, 1.807) is 36.4 Å². The number of thiocarbonyl (C=S) groups is 1. The average molecular weight is 398 g/mol. The Bertz CT molecular complexity index is 981. The first-order chi connectivity index (χ1) is 13.0. The van der Waals surface area contributed by atoms with Crippen LogP contribution in [0.15, 0.2) is 48.2 Å². The lowest BCUT2D eigenvalue weighted by Crippen LogP contribution is -2.30. The summed E-state index contributed by atoms with van der Waals surface area (Å²) in [6, 6.07) is 14.6. The molecule has 1 aliphatic rings. The first-order valence-corrected chi connectivity index (χ1v) is 9.07. The predicted molar refractivity (Wildman–Crippen MR) is 108 cm³/mol. The number of benzene rings is 2. The summed E-state index contributed by atoms with van der Waals surface area (Å²) in [6.45, 7) is 2.62. The molecule has 0 aliphatic carbocycles. The van der Waals surface area contributed by atoms with Crippen LogP contribution in [-0.2, 0) is 11.4 Å². The molecular weight excluding hydrogens is 382 g/mol. The van der Waals surface area contributed by atoms with Crippen molar-refractivity contribution >= 4 is 40.9 Å². The molecule has 7 heteroatoms. The van der Waals surface area contributed by atoms with E-state index >= 15 is 0 Å². The number of likely N-dealkylation sites (N-methyl/N-ethyl adjacent to an activating group) is 1. The van der Waals surface area contributed by atoms with Crippen LogP contribution in [0.25, 0.3) is 6.08 Å². The van der Waals surface area contributed by atoms with Gasteiger partial charge in [-0.05, 0) is 49.0 Å². The fourth-order valence-electron chi connectivity index (χ4n) is 2.66. The highest BCUT2D eigenvalue weighted by Gasteiger charge is 2.28. The van der Waals surface area contributed by atoms with E-state index in [0.717, 1.165) is 11.1 Å². The average Bonchev–Trinajstić information content (AvgIpc) is 2.94. The van der Waals surface area contributed by atoms with Gasteiger partial charge in [0.25, 0.3) is 5.91 Å². The second kappa shape index (κ2) is 8.21. The molecule has 1 heterocycles. The summed E-state index contributed by atoms with van der Waals surface area (Å²) in [5.41, 5.74) is 2.52. The Morgan fingerprint density at radius 2 is 2.11 bits per heavy atom. The van der Waals surface area contributed by atoms with Crippen molar-refractivity contribution in [2.24, 2.45) is 0 Å². The third kappa shape index (κ3) is 4.11. The minimum Gasteiger partial charge on any atom is -0.487 e. The van der Waals surface area contributed by atoms with Gasteiger partial charge in [-0.25, -0.2) is 0 Å². The summed E-state index contributed by atoms with van der Waals surface area (Å²) in [4.78, 5) is 13.7. The van der Waals surface area contributed by atoms with Crippen LogP contribution < -0.4 is 10.1 Å². The van der Waals surface area contributed by atoms with Crippen molar-refractivity contribution in [2.75, 3.05) is 6.54 Å². The third-order valence-corrected chi connectivity index (χ3v) is 4.68. The van der Waals surface area contributed by atoms with Gasteiger partial charge in [0.2, 0.25) is 0 Å². The molecule has 0 atom stereocenters. The molecule has 1 saturated heterocycles. The lowest BCUT2D eigenvalue weighted by atomic mass is 10.1. The number of carbonyl (C=O) groups excluding carboxylic acids is 1. The van der Waals surface area contributed by atoms with E-state index in [9.17, 15) is 4.79 Å². The zero-order valence-corrected chi connectivity index (χ0v) is 16.1. The molecule has 0 unspecified atom stereocenters. The summed E-state index contributed by atoms with van der Waals surface area (Å²) in [5, 5.41) is 12.9. The Morgan fingerprint density at radius 3 is 2.78 bits per heavy atom. The molecule has 1 aliphatic heterocycles. The Balaban J connectivity index is 1.75. The van der Waals surface area contributed by atoms with Gasteiger partial charge in [-0.1, -0.05) is 35.9 Å². The second-order valence-corrected chi connectivity index (χ2v) is 6.58. The molecule has 0 bridgehead atoms. The maximum Gasteiger partial charge on any atom is 0.276 e. The summed E-state index contributed by atoms with van der Waals surface area (Å²) in [7, 11) is 0. The fourth-order valence-corrected chi connectivity index (χ4v) is 3.23. The molecule has 1 N–H and O–H groups in total. The van der Waals surface area contributed by atoms with Crippen molar-refractivity contribution in [3.63, 3.8) is 0 Å². The summed E-state index contributed by atoms with van der Waals surface area (Å²) in [6.07, 6.45) is 1.70. The molecule has 27 heavy (non-hydrogen) atoms. The summed E-state index contributed by atoms with van der Waals surface area (Å²) >= 11 is 11.5. The van der Waals surface area contributed by atoms with E-state index in [-0.39, 0.29) is 12.5 Å². The fraction of sp³-hybridized carbons (Fsp3) is 0.150. The minimum absolute atomic E-state index is 0.160. The molecule has 1 fully saturated rings. The first-order valence-electron chi connectivity index (χ1n) is 8.28. The lowest BCUT2D eigenvalue weighted by molar-refractivity contribution is -0.122. The Morgan fingerprint density at radius 1 is 1.33 bits per heavy atom. The number of rotatable bonds is 5. The van der Waals surface area contributed by atoms with Crippen LogP contribution in [0.1, 0.15) is 23.6 Å². The van der Waals surface area contributed by atoms with Crippen LogP contribution in [-0.4, -0.2) is 22.5 Å². The molecule has 0 aromatic heterocycles. The quantitative estimate of drug-likeness (QED) is 0.612. The normalized spacial score (nSPS) is 15.0. The standard InChI is InChI=1S/C20H16ClN3O2S/c1-2-24-19(25)17(23-20(24)27)10-13-7-8-18(16(21)9-13)26-12-15-6-4-3-5-14(15)11-22/h3-10H,2,12H2,1H3,(H,23,27)/b17-10-. The van der Waals surface area contributed by atoms with Crippen LogP contribution >= 0.6 is 23.8 Å². The number of halogens is 1. The Labute approximate surface area is 167 Å². The molecular formula is C20H16ClN3O2S. The highest BCUT2D eigenvalue weighted by Crippen LogP contribution is 2.28. The van der Waals surface area contributed by atoms with Gasteiger partial charge in [0.15, 0.2) is 5.11 Å². The van der Waals surface area contributed by atoms with E-state index < -0.39 is 0 Å². The van der Waals surface area contributed by atoms with Gasteiger partial charge in [0.1, 0.15) is 18.1 Å². The van der Waals surface area contributed by atoms with Crippen LogP contribution in [0.3, 0.4) is 0 Å². The Hall–Kier alpha value is -2.88. The number of hydrogen-bond acceptors (Lipinski definition) is 4. The first kappa shape index (κ1) is 18.9. The van der Waals surface area contributed by atoms with Gasteiger partial charge in [0.05, 0.1) is 16.7 Å². The van der Waals surface area contributed by atoms with Crippen LogP contribution in [0.2, 0.25) is 5.02 Å². The molecule has 2 aromatic carbocycles. The van der Waals surface area contributed by atoms with Crippen LogP contribution in [0, 0.1) is 11.3 Å². The largest absolute Gasteiger partial charge is 0.487 e. The SMILES string of the molecule is CCN1C(=O)/C(=C/c2ccc(OCc3ccccc3C#N)c(Cl)c2)NC1=S. The highest BCUT2D eigenvalue weighted by atomic mass is 35.5. The lowest BCUT2D eigenvalue weighted by Gasteiger charge is -2.10. The molecule has 5 nitrogen and oxygen atoms in total. The maximum atomic E-state index is 12.2. The van der Waals surface area contributed by atoms with Crippen molar-refractivity contribution in [2.45, 2.75) is 13.5 Å². The third-order valence-electron chi connectivity index (χ3n) is 4.07. The number of nitrogens with one attached hydrogen (secondary N) is 1. The number of ether oxygens (including phenoxy) is 1. The number of carbonyl (C=O) groups is 1. The molecule has 2 aromatic rings. The minimum atomic E-state index is -0.160. The molecule has 3 rings (SSSR count). The smallest absolute Gasteiger partial charge is 0.276 e. The van der Waals surface area contributed by atoms with Crippen molar-refractivity contribution < 1.29 is 9.53 Å². The summed E-state index contributed by atoms with van der Waals surface area (Å²) < 4.78 is 5.75. The molecule has 0 radical (unpaired) electrons. The van der Waals surface area contributed by atoms with Gasteiger partial charge in [0, 0.05) is 12.1 Å². The highest BCUT2D eigenvalue weighted by molar-refractivity contribution is 7.80. The number of amides is 1. The monoisotopic (exact) mass is 397 g/mol. The van der Waals surface area contributed by atoms with Crippen LogP contribution in [0.5, 0.6) is 5.75 Å². The van der Waals surface area contributed by atoms with Gasteiger partial charge in [-0.15, -0.1) is 0 Å². The molecule has 0 spiro atoms. The van der Waals surface area contributed by atoms with Crippen molar-refractivity contribution in [1.29, 1.82) is 5.26 Å². The summed E-state index contributed by atoms with van der Waals surface area (Å²) in [5.74, 6) is 0.343. The maximum absolute atomic E-state index is 12.2. The molecule has 136 valence electrons. The van der Waals surface area contributed by atoms with Gasteiger partial charge in [-0.3, -0.25) is 9.69 Å². The number of nitriles is 1. The zero-order valence-electron chi connectivity index (χ0n) is 14.5.